The molecule has 124 valence electrons. The Balaban J connectivity index is 1.58. The molecule has 1 saturated heterocycles. The Labute approximate surface area is 139 Å². The molecule has 3 aromatic heterocycles. The molecular formula is C17H20N6O. The van der Waals surface area contributed by atoms with Crippen molar-refractivity contribution < 1.29 is 4.79 Å². The lowest BCUT2D eigenvalue weighted by Crippen LogP contribution is -2.38. The minimum Gasteiger partial charge on any atom is -0.334 e. The average molecular weight is 324 g/mol. The van der Waals surface area contributed by atoms with Gasteiger partial charge in [0.2, 0.25) is 0 Å². The third-order valence-corrected chi connectivity index (χ3v) is 4.62. The van der Waals surface area contributed by atoms with Crippen LogP contribution in [0.5, 0.6) is 0 Å². The van der Waals surface area contributed by atoms with Crippen LogP contribution in [0, 0.1) is 13.8 Å². The molecule has 0 saturated carbocycles. The van der Waals surface area contributed by atoms with Crippen molar-refractivity contribution in [3.05, 3.63) is 47.7 Å². The maximum absolute atomic E-state index is 13.0. The number of nitrogens with zero attached hydrogens (tertiary/aromatic N) is 6. The van der Waals surface area contributed by atoms with Crippen molar-refractivity contribution in [2.45, 2.75) is 39.3 Å². The Morgan fingerprint density at radius 2 is 2.12 bits per heavy atom. The predicted molar refractivity (Wildman–Crippen MR) is 88.7 cm³/mol. The van der Waals surface area contributed by atoms with Gasteiger partial charge in [-0.25, -0.2) is 0 Å². The van der Waals surface area contributed by atoms with Crippen molar-refractivity contribution >= 4 is 11.6 Å². The monoisotopic (exact) mass is 324 g/mol. The van der Waals surface area contributed by atoms with Gasteiger partial charge in [0, 0.05) is 18.9 Å². The molecule has 0 spiro atoms. The van der Waals surface area contributed by atoms with Crippen LogP contribution in [-0.2, 0) is 6.54 Å². The summed E-state index contributed by atoms with van der Waals surface area (Å²) in [6.45, 7) is 5.45. The average Bonchev–Trinajstić information content (AvgIpc) is 3.29. The van der Waals surface area contributed by atoms with Crippen molar-refractivity contribution in [2.75, 3.05) is 6.54 Å². The highest BCUT2D eigenvalue weighted by Crippen LogP contribution is 2.22. The third kappa shape index (κ3) is 2.55. The quantitative estimate of drug-likeness (QED) is 0.737. The summed E-state index contributed by atoms with van der Waals surface area (Å²) in [4.78, 5) is 14.9. The van der Waals surface area contributed by atoms with E-state index in [0.29, 0.717) is 5.56 Å². The van der Waals surface area contributed by atoms with Gasteiger partial charge in [-0.15, -0.1) is 10.2 Å². The summed E-state index contributed by atoms with van der Waals surface area (Å²) < 4.78 is 3.79. The van der Waals surface area contributed by atoms with E-state index in [9.17, 15) is 4.79 Å². The zero-order valence-corrected chi connectivity index (χ0v) is 13.9. The number of pyridine rings is 1. The number of amides is 1. The van der Waals surface area contributed by atoms with Crippen LogP contribution in [0.3, 0.4) is 0 Å². The zero-order chi connectivity index (χ0) is 16.7. The van der Waals surface area contributed by atoms with Crippen LogP contribution in [0.2, 0.25) is 0 Å². The van der Waals surface area contributed by atoms with Gasteiger partial charge < -0.3 is 4.90 Å². The second-order valence-corrected chi connectivity index (χ2v) is 6.43. The first kappa shape index (κ1) is 14.9. The van der Waals surface area contributed by atoms with Gasteiger partial charge in [-0.05, 0) is 44.4 Å². The minimum atomic E-state index is 0.0661. The van der Waals surface area contributed by atoms with Gasteiger partial charge in [0.1, 0.15) is 5.82 Å². The van der Waals surface area contributed by atoms with Crippen molar-refractivity contribution in [3.8, 4) is 0 Å². The van der Waals surface area contributed by atoms with Crippen LogP contribution in [0.15, 0.2) is 30.7 Å². The molecule has 0 aliphatic carbocycles. The van der Waals surface area contributed by atoms with Gasteiger partial charge in [0.05, 0.1) is 24.3 Å². The molecule has 1 atom stereocenters. The van der Waals surface area contributed by atoms with E-state index in [4.69, 9.17) is 0 Å². The summed E-state index contributed by atoms with van der Waals surface area (Å²) >= 11 is 0. The van der Waals surface area contributed by atoms with Gasteiger partial charge >= 0.3 is 0 Å². The molecule has 0 N–H and O–H groups in total. The lowest BCUT2D eigenvalue weighted by Gasteiger charge is -2.24. The number of hydrogen-bond acceptors (Lipinski definition) is 4. The van der Waals surface area contributed by atoms with E-state index in [1.54, 1.807) is 0 Å². The van der Waals surface area contributed by atoms with Crippen LogP contribution in [0.4, 0.5) is 0 Å². The molecule has 7 nitrogen and oxygen atoms in total. The molecule has 4 rings (SSSR count). The van der Waals surface area contributed by atoms with E-state index in [1.807, 2.05) is 58.6 Å². The van der Waals surface area contributed by atoms with Crippen LogP contribution in [-0.4, -0.2) is 47.8 Å². The molecule has 0 bridgehead atoms. The highest BCUT2D eigenvalue weighted by atomic mass is 16.2. The van der Waals surface area contributed by atoms with Gasteiger partial charge in [0.25, 0.3) is 5.91 Å². The number of carbonyl (C=O) groups excluding carboxylic acids is 1. The van der Waals surface area contributed by atoms with Crippen molar-refractivity contribution in [3.63, 3.8) is 0 Å². The lowest BCUT2D eigenvalue weighted by molar-refractivity contribution is 0.0721. The Morgan fingerprint density at radius 1 is 1.25 bits per heavy atom. The summed E-state index contributed by atoms with van der Waals surface area (Å²) in [6, 6.07) is 3.86. The molecule has 1 amide bonds. The van der Waals surface area contributed by atoms with Crippen molar-refractivity contribution in [1.82, 2.24) is 29.3 Å². The fraction of sp³-hybridized carbons (Fsp3) is 0.412. The van der Waals surface area contributed by atoms with Gasteiger partial charge in [-0.1, -0.05) is 0 Å². The van der Waals surface area contributed by atoms with Crippen LogP contribution >= 0.6 is 0 Å². The third-order valence-electron chi connectivity index (χ3n) is 4.62. The van der Waals surface area contributed by atoms with E-state index in [2.05, 4.69) is 15.3 Å². The highest BCUT2D eigenvalue weighted by Gasteiger charge is 2.30. The SMILES string of the molecule is Cc1cnn(C[C@H]2CCCN2C(=O)c2ccc3nnc(C)n3c2)c1. The molecule has 0 unspecified atom stereocenters. The summed E-state index contributed by atoms with van der Waals surface area (Å²) in [6.07, 6.45) is 7.75. The molecule has 0 radical (unpaired) electrons. The van der Waals surface area contributed by atoms with E-state index in [1.165, 1.54) is 0 Å². The summed E-state index contributed by atoms with van der Waals surface area (Å²) in [5.41, 5.74) is 2.57. The smallest absolute Gasteiger partial charge is 0.255 e. The Bertz CT molecular complexity index is 896. The Kier molecular flexibility index (Phi) is 3.55. The minimum absolute atomic E-state index is 0.0661. The predicted octanol–water partition coefficient (Wildman–Crippen LogP) is 1.85. The van der Waals surface area contributed by atoms with Gasteiger partial charge in [-0.2, -0.15) is 5.10 Å². The lowest BCUT2D eigenvalue weighted by atomic mass is 10.2. The number of hydrogen-bond donors (Lipinski definition) is 0. The molecule has 1 aliphatic rings. The molecule has 1 fully saturated rings. The van der Waals surface area contributed by atoms with Gasteiger partial charge in [0.15, 0.2) is 5.65 Å². The summed E-state index contributed by atoms with van der Waals surface area (Å²) in [7, 11) is 0. The van der Waals surface area contributed by atoms with E-state index in [0.717, 1.165) is 43.0 Å². The van der Waals surface area contributed by atoms with Crippen molar-refractivity contribution in [1.29, 1.82) is 0 Å². The Hall–Kier alpha value is -2.70. The standard InChI is InChI=1S/C17H20N6O/c1-12-8-18-21(9-12)11-15-4-3-7-22(15)17(24)14-5-6-16-20-19-13(2)23(16)10-14/h5-6,8-10,15H,3-4,7,11H2,1-2H3/t15-/m1/s1. The molecule has 1 aliphatic heterocycles. The first-order valence-electron chi connectivity index (χ1n) is 8.23. The van der Waals surface area contributed by atoms with Gasteiger partial charge in [-0.3, -0.25) is 13.9 Å². The second-order valence-electron chi connectivity index (χ2n) is 6.43. The normalized spacial score (nSPS) is 17.8. The van der Waals surface area contributed by atoms with E-state index < -0.39 is 0 Å². The van der Waals surface area contributed by atoms with Crippen molar-refractivity contribution in [2.24, 2.45) is 0 Å². The fourth-order valence-electron chi connectivity index (χ4n) is 3.37. The maximum Gasteiger partial charge on any atom is 0.255 e. The Morgan fingerprint density at radius 3 is 2.92 bits per heavy atom. The number of fused-ring (bicyclic) bond motifs is 1. The molecule has 24 heavy (non-hydrogen) atoms. The van der Waals surface area contributed by atoms with E-state index in [-0.39, 0.29) is 11.9 Å². The van der Waals surface area contributed by atoms with Crippen LogP contribution < -0.4 is 0 Å². The molecule has 0 aromatic carbocycles. The van der Waals surface area contributed by atoms with Crippen LogP contribution in [0.1, 0.15) is 34.6 Å². The molecular weight excluding hydrogens is 304 g/mol. The maximum atomic E-state index is 13.0. The molecule has 4 heterocycles. The fourth-order valence-corrected chi connectivity index (χ4v) is 3.37. The molecule has 3 aromatic rings. The number of carbonyl (C=O) groups is 1. The number of aryl methyl sites for hydroxylation is 2. The first-order valence-corrected chi connectivity index (χ1v) is 8.23. The number of likely N-dealkylation sites (tertiary alicyclic amines) is 1. The summed E-state index contributed by atoms with van der Waals surface area (Å²) in [5, 5.41) is 12.5. The first-order chi connectivity index (χ1) is 11.6. The number of rotatable bonds is 3. The van der Waals surface area contributed by atoms with E-state index >= 15 is 0 Å². The summed E-state index contributed by atoms with van der Waals surface area (Å²) in [5.74, 6) is 0.848. The number of aromatic nitrogens is 5. The highest BCUT2D eigenvalue weighted by molar-refractivity contribution is 5.94. The van der Waals surface area contributed by atoms with Crippen LogP contribution in [0.25, 0.3) is 5.65 Å². The second kappa shape index (κ2) is 5.74. The largest absolute Gasteiger partial charge is 0.334 e. The topological polar surface area (TPSA) is 68.3 Å². The zero-order valence-electron chi connectivity index (χ0n) is 13.9. The molecule has 7 heteroatoms.